The highest BCUT2D eigenvalue weighted by Gasteiger charge is 2.59. The lowest BCUT2D eigenvalue weighted by molar-refractivity contribution is -0.164. The molecule has 2 aromatic heterocycles. The van der Waals surface area contributed by atoms with E-state index in [0.717, 1.165) is 38.6 Å². The minimum atomic E-state index is -1.14. The first-order valence-electron chi connectivity index (χ1n) is 11.6. The molecular weight excluding hydrogens is 512 g/mol. The van der Waals surface area contributed by atoms with Gasteiger partial charge in [0.05, 0.1) is 30.3 Å². The highest BCUT2D eigenvalue weighted by Crippen LogP contribution is 2.48. The van der Waals surface area contributed by atoms with Crippen molar-refractivity contribution in [2.24, 2.45) is 10.4 Å². The van der Waals surface area contributed by atoms with Crippen molar-refractivity contribution < 1.29 is 19.1 Å². The third kappa shape index (κ3) is 4.29. The summed E-state index contributed by atoms with van der Waals surface area (Å²) in [6.07, 6.45) is 4.90. The second-order valence-corrected chi connectivity index (χ2v) is 9.61. The number of pyridine rings is 1. The molecule has 1 aliphatic heterocycles. The van der Waals surface area contributed by atoms with E-state index in [4.69, 9.17) is 14.5 Å². The van der Waals surface area contributed by atoms with E-state index in [1.807, 2.05) is 49.5 Å². The largest absolute Gasteiger partial charge is 0.465 e. The van der Waals surface area contributed by atoms with E-state index < -0.39 is 17.4 Å². The molecule has 35 heavy (non-hydrogen) atoms. The summed E-state index contributed by atoms with van der Waals surface area (Å²) in [6, 6.07) is 11.4. The summed E-state index contributed by atoms with van der Waals surface area (Å²) in [4.78, 5) is 39.2. The molecule has 0 saturated heterocycles. The number of fused-ring (bicyclic) bond motifs is 3. The lowest BCUT2D eigenvalue weighted by Gasteiger charge is -2.16. The van der Waals surface area contributed by atoms with Crippen LogP contribution in [0.5, 0.6) is 0 Å². The number of hydrogen-bond donors (Lipinski definition) is 0. The number of ether oxygens (including phenoxy) is 2. The quantitative estimate of drug-likeness (QED) is 0.325. The van der Waals surface area contributed by atoms with Gasteiger partial charge in [0.2, 0.25) is 0 Å². The van der Waals surface area contributed by atoms with Crippen molar-refractivity contribution in [3.63, 3.8) is 0 Å². The maximum absolute atomic E-state index is 12.7. The number of carbonyl (C=O) groups excluding carboxylic acids is 2. The van der Waals surface area contributed by atoms with Gasteiger partial charge in [0, 0.05) is 34.5 Å². The smallest absolute Gasteiger partial charge is 0.323 e. The lowest BCUT2D eigenvalue weighted by Crippen LogP contribution is -2.30. The Morgan fingerprint density at radius 1 is 1.14 bits per heavy atom. The van der Waals surface area contributed by atoms with Gasteiger partial charge in [-0.3, -0.25) is 24.1 Å². The van der Waals surface area contributed by atoms with E-state index in [9.17, 15) is 9.59 Å². The Hall–Kier alpha value is -3.33. The maximum Gasteiger partial charge on any atom is 0.323 e. The van der Waals surface area contributed by atoms with Crippen LogP contribution in [-0.2, 0) is 19.1 Å². The second kappa shape index (κ2) is 9.37. The first-order valence-corrected chi connectivity index (χ1v) is 12.4. The second-order valence-electron chi connectivity index (χ2n) is 8.69. The molecule has 1 aliphatic carbocycles. The Kier molecular flexibility index (Phi) is 6.27. The van der Waals surface area contributed by atoms with Crippen molar-refractivity contribution in [1.82, 2.24) is 14.5 Å². The van der Waals surface area contributed by atoms with E-state index >= 15 is 0 Å². The molecule has 0 amide bonds. The zero-order chi connectivity index (χ0) is 24.6. The van der Waals surface area contributed by atoms with Crippen LogP contribution in [0.25, 0.3) is 5.69 Å². The Balaban J connectivity index is 1.47. The third-order valence-corrected chi connectivity index (χ3v) is 6.84. The average molecular weight is 537 g/mol. The number of esters is 2. The van der Waals surface area contributed by atoms with Gasteiger partial charge >= 0.3 is 11.9 Å². The fraction of sp³-hybridized carbons (Fsp3) is 0.346. The molecule has 0 bridgehead atoms. The molecule has 2 aliphatic rings. The SMILES string of the molecule is CCOC(=O)C1(C(=O)OCC[C@@H]2N=C(c3ccccn3)c3cc(Br)ccc3-n3c(C)cnc32)CC1. The zero-order valence-corrected chi connectivity index (χ0v) is 21.1. The van der Waals surface area contributed by atoms with Crippen LogP contribution in [-0.4, -0.2) is 45.4 Å². The molecule has 1 aromatic carbocycles. The highest BCUT2D eigenvalue weighted by molar-refractivity contribution is 9.10. The number of aliphatic imine (C=N–C) groups is 1. The van der Waals surface area contributed by atoms with Crippen LogP contribution in [0.15, 0.2) is 58.3 Å². The average Bonchev–Trinajstić information content (AvgIpc) is 3.61. The number of carbonyl (C=O) groups is 2. The van der Waals surface area contributed by atoms with Crippen LogP contribution in [0.3, 0.4) is 0 Å². The fourth-order valence-electron chi connectivity index (χ4n) is 4.37. The summed E-state index contributed by atoms with van der Waals surface area (Å²) in [5, 5.41) is 0. The van der Waals surface area contributed by atoms with Gasteiger partial charge in [-0.05, 0) is 57.0 Å². The van der Waals surface area contributed by atoms with Crippen molar-refractivity contribution in [3.05, 3.63) is 76.0 Å². The van der Waals surface area contributed by atoms with Crippen LogP contribution < -0.4 is 0 Å². The molecule has 0 unspecified atom stereocenters. The summed E-state index contributed by atoms with van der Waals surface area (Å²) < 4.78 is 13.7. The normalized spacial score (nSPS) is 17.5. The number of rotatable bonds is 7. The van der Waals surface area contributed by atoms with Gasteiger partial charge in [-0.15, -0.1) is 0 Å². The summed E-state index contributed by atoms with van der Waals surface area (Å²) in [6.45, 7) is 4.07. The molecule has 1 saturated carbocycles. The van der Waals surface area contributed by atoms with Gasteiger partial charge < -0.3 is 9.47 Å². The summed E-state index contributed by atoms with van der Waals surface area (Å²) in [7, 11) is 0. The van der Waals surface area contributed by atoms with Crippen molar-refractivity contribution in [2.45, 2.75) is 39.2 Å². The fourth-order valence-corrected chi connectivity index (χ4v) is 4.73. The molecule has 8 nitrogen and oxygen atoms in total. The van der Waals surface area contributed by atoms with Crippen molar-refractivity contribution in [2.75, 3.05) is 13.2 Å². The third-order valence-electron chi connectivity index (χ3n) is 6.34. The number of nitrogens with zero attached hydrogens (tertiary/aromatic N) is 4. The van der Waals surface area contributed by atoms with Gasteiger partial charge in [-0.25, -0.2) is 4.98 Å². The minimum Gasteiger partial charge on any atom is -0.465 e. The van der Waals surface area contributed by atoms with Crippen molar-refractivity contribution in [3.8, 4) is 5.69 Å². The number of halogens is 1. The first kappa shape index (κ1) is 23.4. The Morgan fingerprint density at radius 2 is 1.94 bits per heavy atom. The Bertz CT molecular complexity index is 1310. The van der Waals surface area contributed by atoms with E-state index in [-0.39, 0.29) is 19.3 Å². The molecule has 5 rings (SSSR count). The predicted molar refractivity (Wildman–Crippen MR) is 132 cm³/mol. The topological polar surface area (TPSA) is 95.7 Å². The van der Waals surface area contributed by atoms with Crippen molar-refractivity contribution >= 4 is 33.6 Å². The highest BCUT2D eigenvalue weighted by atomic mass is 79.9. The molecule has 1 atom stereocenters. The van der Waals surface area contributed by atoms with Crippen molar-refractivity contribution in [1.29, 1.82) is 0 Å². The number of aromatic nitrogens is 3. The van der Waals surface area contributed by atoms with E-state index in [2.05, 4.69) is 30.5 Å². The van der Waals surface area contributed by atoms with Gasteiger partial charge in [0.25, 0.3) is 0 Å². The molecule has 0 spiro atoms. The van der Waals surface area contributed by atoms with E-state index in [1.165, 1.54) is 0 Å². The van der Waals surface area contributed by atoms with Gasteiger partial charge in [0.1, 0.15) is 11.9 Å². The Morgan fingerprint density at radius 3 is 2.66 bits per heavy atom. The van der Waals surface area contributed by atoms with Crippen LogP contribution in [0.2, 0.25) is 0 Å². The molecule has 9 heteroatoms. The lowest BCUT2D eigenvalue weighted by atomic mass is 10.0. The van der Waals surface area contributed by atoms with Crippen LogP contribution in [0.1, 0.15) is 55.0 Å². The monoisotopic (exact) mass is 536 g/mol. The van der Waals surface area contributed by atoms with Crippen LogP contribution in [0, 0.1) is 12.3 Å². The Labute approximate surface area is 211 Å². The molecular formula is C26H25BrN4O4. The van der Waals surface area contributed by atoms with Gasteiger partial charge in [-0.2, -0.15) is 0 Å². The number of aryl methyl sites for hydroxylation is 1. The molecule has 1 fully saturated rings. The van der Waals surface area contributed by atoms with E-state index in [0.29, 0.717) is 19.3 Å². The maximum atomic E-state index is 12.7. The zero-order valence-electron chi connectivity index (χ0n) is 19.5. The molecule has 3 heterocycles. The van der Waals surface area contributed by atoms with Gasteiger partial charge in [-0.1, -0.05) is 22.0 Å². The molecule has 180 valence electrons. The molecule has 3 aromatic rings. The predicted octanol–water partition coefficient (Wildman–Crippen LogP) is 4.51. The summed E-state index contributed by atoms with van der Waals surface area (Å²) in [5.41, 5.74) is 3.21. The van der Waals surface area contributed by atoms with Crippen LogP contribution >= 0.6 is 15.9 Å². The number of imidazole rings is 1. The standard InChI is InChI=1S/C26H25BrN4O4/c1-3-34-24(32)26(10-11-26)25(33)35-13-9-20-23-29-15-16(2)31(23)21-8-7-17(27)14-18(21)22(30-20)19-6-4-5-12-28-19/h4-8,12,14-15,20H,3,9-11,13H2,1-2H3/t20-/m0/s1. The first-order chi connectivity index (χ1) is 16.9. The van der Waals surface area contributed by atoms with Gasteiger partial charge in [0.15, 0.2) is 5.41 Å². The number of benzene rings is 1. The minimum absolute atomic E-state index is 0.107. The number of hydrogen-bond acceptors (Lipinski definition) is 7. The van der Waals surface area contributed by atoms with Crippen LogP contribution in [0.4, 0.5) is 0 Å². The van der Waals surface area contributed by atoms with E-state index in [1.54, 1.807) is 13.1 Å². The molecule has 0 N–H and O–H groups in total. The summed E-state index contributed by atoms with van der Waals surface area (Å²) in [5.74, 6) is -0.257. The molecule has 0 radical (unpaired) electrons. The summed E-state index contributed by atoms with van der Waals surface area (Å²) >= 11 is 3.59.